The molecule has 1 aromatic rings. The maximum absolute atomic E-state index is 2.26. The maximum atomic E-state index is 2.26. The van der Waals surface area contributed by atoms with Crippen LogP contribution in [0.15, 0.2) is 60.8 Å². The smallest absolute Gasteiger partial charge is 0.0360 e. The largest absolute Gasteiger partial charge is 0.370 e. The van der Waals surface area contributed by atoms with E-state index in [1.54, 1.807) is 0 Å². The summed E-state index contributed by atoms with van der Waals surface area (Å²) in [6.07, 6.45) is 12.8. The molecule has 0 spiro atoms. The van der Waals surface area contributed by atoms with Gasteiger partial charge in [0.1, 0.15) is 0 Å². The molecule has 1 aromatic carbocycles. The molecule has 15 heavy (non-hydrogen) atoms. The minimum absolute atomic E-state index is 0.968. The molecule has 0 amide bonds. The topological polar surface area (TPSA) is 3.24 Å². The molecule has 1 heterocycles. The Morgan fingerprint density at radius 3 is 2.73 bits per heavy atom. The fraction of sp³-hybridized carbons (Fsp3) is 0.143. The van der Waals surface area contributed by atoms with E-state index in [2.05, 4.69) is 65.7 Å². The lowest BCUT2D eigenvalue weighted by molar-refractivity contribution is 0.458. The third-order valence-corrected chi connectivity index (χ3v) is 2.33. The standard InChI is InChI=1S/C14H15N/c1-3-8-14(9-4-1)10-7-13-15-11-5-2-6-12-15/h1-11H,12-13H2/b10-7+. The summed E-state index contributed by atoms with van der Waals surface area (Å²) in [5, 5.41) is 0. The Bertz CT molecular complexity index is 374. The summed E-state index contributed by atoms with van der Waals surface area (Å²) in [6, 6.07) is 10.4. The molecule has 76 valence electrons. The van der Waals surface area contributed by atoms with Crippen LogP contribution in [0, 0.1) is 0 Å². The number of hydrogen-bond donors (Lipinski definition) is 0. The minimum atomic E-state index is 0.968. The van der Waals surface area contributed by atoms with Crippen molar-refractivity contribution in [2.45, 2.75) is 0 Å². The van der Waals surface area contributed by atoms with Crippen LogP contribution in [0.1, 0.15) is 5.56 Å². The molecule has 0 saturated carbocycles. The van der Waals surface area contributed by atoms with Crippen molar-refractivity contribution in [3.05, 3.63) is 66.4 Å². The van der Waals surface area contributed by atoms with Crippen molar-refractivity contribution in [2.75, 3.05) is 13.1 Å². The van der Waals surface area contributed by atoms with Gasteiger partial charge >= 0.3 is 0 Å². The Morgan fingerprint density at radius 1 is 1.13 bits per heavy atom. The van der Waals surface area contributed by atoms with Gasteiger partial charge in [0, 0.05) is 13.1 Å². The van der Waals surface area contributed by atoms with Crippen molar-refractivity contribution in [1.29, 1.82) is 0 Å². The molecule has 0 unspecified atom stereocenters. The van der Waals surface area contributed by atoms with Crippen LogP contribution >= 0.6 is 0 Å². The first-order chi connectivity index (χ1) is 7.45. The minimum Gasteiger partial charge on any atom is -0.370 e. The van der Waals surface area contributed by atoms with Gasteiger partial charge in [-0.25, -0.2) is 0 Å². The Balaban J connectivity index is 1.85. The fourth-order valence-corrected chi connectivity index (χ4v) is 1.53. The Labute approximate surface area is 91.0 Å². The molecule has 0 atom stereocenters. The van der Waals surface area contributed by atoms with E-state index in [4.69, 9.17) is 0 Å². The van der Waals surface area contributed by atoms with Crippen molar-refractivity contribution >= 4 is 6.08 Å². The van der Waals surface area contributed by atoms with Crippen molar-refractivity contribution in [1.82, 2.24) is 4.90 Å². The van der Waals surface area contributed by atoms with Crippen LogP contribution in [0.4, 0.5) is 0 Å². The predicted molar refractivity (Wildman–Crippen MR) is 65.3 cm³/mol. The Kier molecular flexibility index (Phi) is 3.39. The molecular formula is C14H15N. The number of rotatable bonds is 3. The molecule has 0 N–H and O–H groups in total. The van der Waals surface area contributed by atoms with E-state index in [9.17, 15) is 0 Å². The van der Waals surface area contributed by atoms with Crippen LogP contribution in [-0.4, -0.2) is 18.0 Å². The molecule has 0 radical (unpaired) electrons. The monoisotopic (exact) mass is 197 g/mol. The van der Waals surface area contributed by atoms with Gasteiger partial charge in [0.2, 0.25) is 0 Å². The third-order valence-electron chi connectivity index (χ3n) is 2.33. The summed E-state index contributed by atoms with van der Waals surface area (Å²) in [7, 11) is 0. The Hall–Kier alpha value is -1.76. The summed E-state index contributed by atoms with van der Waals surface area (Å²) in [4.78, 5) is 2.26. The first-order valence-electron chi connectivity index (χ1n) is 5.24. The van der Waals surface area contributed by atoms with E-state index in [-0.39, 0.29) is 0 Å². The van der Waals surface area contributed by atoms with Crippen LogP contribution in [0.2, 0.25) is 0 Å². The van der Waals surface area contributed by atoms with E-state index in [0.717, 1.165) is 13.1 Å². The van der Waals surface area contributed by atoms with Crippen LogP contribution in [0.5, 0.6) is 0 Å². The number of benzene rings is 1. The summed E-state index contributed by atoms with van der Waals surface area (Å²) in [6.45, 7) is 1.98. The van der Waals surface area contributed by atoms with Crippen molar-refractivity contribution in [2.24, 2.45) is 0 Å². The van der Waals surface area contributed by atoms with Crippen molar-refractivity contribution in [3.63, 3.8) is 0 Å². The van der Waals surface area contributed by atoms with Crippen LogP contribution in [0.25, 0.3) is 6.08 Å². The fourth-order valence-electron chi connectivity index (χ4n) is 1.53. The van der Waals surface area contributed by atoms with E-state index in [0.29, 0.717) is 0 Å². The first-order valence-corrected chi connectivity index (χ1v) is 5.24. The summed E-state index contributed by atoms with van der Waals surface area (Å²) >= 11 is 0. The van der Waals surface area contributed by atoms with E-state index < -0.39 is 0 Å². The van der Waals surface area contributed by atoms with E-state index in [1.807, 2.05) is 6.07 Å². The van der Waals surface area contributed by atoms with Gasteiger partial charge in [0.05, 0.1) is 0 Å². The zero-order chi connectivity index (χ0) is 10.3. The van der Waals surface area contributed by atoms with Gasteiger partial charge in [-0.15, -0.1) is 0 Å². The molecule has 1 nitrogen and oxygen atoms in total. The van der Waals surface area contributed by atoms with E-state index in [1.165, 1.54) is 5.56 Å². The first kappa shape index (κ1) is 9.78. The SMILES string of the molecule is C1=CCN(C/C=C/c2ccccc2)C=C1. The van der Waals surface area contributed by atoms with Gasteiger partial charge in [-0.05, 0) is 17.8 Å². The van der Waals surface area contributed by atoms with Crippen LogP contribution in [-0.2, 0) is 0 Å². The molecule has 0 aromatic heterocycles. The molecule has 1 aliphatic rings. The van der Waals surface area contributed by atoms with Gasteiger partial charge < -0.3 is 4.90 Å². The highest BCUT2D eigenvalue weighted by Crippen LogP contribution is 2.03. The Morgan fingerprint density at radius 2 is 2.00 bits per heavy atom. The van der Waals surface area contributed by atoms with Crippen LogP contribution in [0.3, 0.4) is 0 Å². The summed E-state index contributed by atoms with van der Waals surface area (Å²) in [5.74, 6) is 0. The lowest BCUT2D eigenvalue weighted by Crippen LogP contribution is -2.18. The molecule has 0 aliphatic carbocycles. The number of hydrogen-bond acceptors (Lipinski definition) is 1. The summed E-state index contributed by atoms with van der Waals surface area (Å²) < 4.78 is 0. The average molecular weight is 197 g/mol. The molecule has 0 saturated heterocycles. The van der Waals surface area contributed by atoms with Gasteiger partial charge in [-0.3, -0.25) is 0 Å². The number of nitrogens with zero attached hydrogens (tertiary/aromatic N) is 1. The lowest BCUT2D eigenvalue weighted by Gasteiger charge is -2.17. The molecule has 1 aliphatic heterocycles. The third kappa shape index (κ3) is 3.13. The highest BCUT2D eigenvalue weighted by atomic mass is 15.1. The normalized spacial score (nSPS) is 15.1. The maximum Gasteiger partial charge on any atom is 0.0360 e. The molecule has 0 bridgehead atoms. The van der Waals surface area contributed by atoms with Crippen molar-refractivity contribution < 1.29 is 0 Å². The van der Waals surface area contributed by atoms with E-state index >= 15 is 0 Å². The highest BCUT2D eigenvalue weighted by molar-refractivity contribution is 5.48. The van der Waals surface area contributed by atoms with Gasteiger partial charge in [-0.2, -0.15) is 0 Å². The molecule has 0 fully saturated rings. The second-order valence-corrected chi connectivity index (χ2v) is 3.54. The van der Waals surface area contributed by atoms with Gasteiger partial charge in [0.15, 0.2) is 0 Å². The summed E-state index contributed by atoms with van der Waals surface area (Å²) in [5.41, 5.74) is 1.26. The van der Waals surface area contributed by atoms with Gasteiger partial charge in [-0.1, -0.05) is 54.6 Å². The highest BCUT2D eigenvalue weighted by Gasteiger charge is 1.94. The zero-order valence-corrected chi connectivity index (χ0v) is 8.71. The zero-order valence-electron chi connectivity index (χ0n) is 8.71. The predicted octanol–water partition coefficient (Wildman–Crippen LogP) is 3.09. The van der Waals surface area contributed by atoms with Gasteiger partial charge in [0.25, 0.3) is 0 Å². The van der Waals surface area contributed by atoms with Crippen molar-refractivity contribution in [3.8, 4) is 0 Å². The second kappa shape index (κ2) is 5.20. The second-order valence-electron chi connectivity index (χ2n) is 3.54. The molecule has 2 rings (SSSR count). The number of allylic oxidation sites excluding steroid dienone is 2. The lowest BCUT2D eigenvalue weighted by atomic mass is 10.2. The quantitative estimate of drug-likeness (QED) is 0.719. The molecule has 1 heteroatoms. The average Bonchev–Trinajstić information content (AvgIpc) is 2.32. The molecular weight excluding hydrogens is 182 g/mol. The van der Waals surface area contributed by atoms with Crippen LogP contribution < -0.4 is 0 Å².